The highest BCUT2D eigenvalue weighted by atomic mass is 35.5. The third-order valence-corrected chi connectivity index (χ3v) is 8.82. The standard InChI is InChI=1S/C26H26ClF2N9O4S/c27-20-22(31)35-21(30)19(34-20)23(39)36-25-32-13-26(37-25)6-8-38(9-7-26)24(40)14-2-1-3-17(10-14)43(41,42)33-12-15-4-5-16(28)11-18(15)29/h1-5,10-11,33H,6-9,12-13H2,(H4,30,31,35)(H2,32,36,37,39). The molecule has 2 aliphatic heterocycles. The van der Waals surface area contributed by atoms with Crippen molar-refractivity contribution in [1.29, 1.82) is 0 Å². The first kappa shape index (κ1) is 30.1. The molecule has 0 atom stereocenters. The molecule has 1 spiro atoms. The van der Waals surface area contributed by atoms with Crippen LogP contribution in [0, 0.1) is 11.6 Å². The second-order valence-corrected chi connectivity index (χ2v) is 12.2. The summed E-state index contributed by atoms with van der Waals surface area (Å²) in [5.41, 5.74) is 10.7. The Morgan fingerprint density at radius 2 is 1.81 bits per heavy atom. The van der Waals surface area contributed by atoms with Crippen molar-refractivity contribution in [3.63, 3.8) is 0 Å². The predicted octanol–water partition coefficient (Wildman–Crippen LogP) is 1.42. The molecule has 2 amide bonds. The number of likely N-dealkylation sites (tertiary alicyclic amines) is 1. The van der Waals surface area contributed by atoms with Gasteiger partial charge in [-0.1, -0.05) is 23.7 Å². The van der Waals surface area contributed by atoms with Crippen LogP contribution in [0.2, 0.25) is 5.15 Å². The average Bonchev–Trinajstić information content (AvgIpc) is 3.35. The van der Waals surface area contributed by atoms with Crippen molar-refractivity contribution in [2.45, 2.75) is 29.8 Å². The van der Waals surface area contributed by atoms with Crippen LogP contribution in [0.5, 0.6) is 0 Å². The van der Waals surface area contributed by atoms with Crippen molar-refractivity contribution in [3.05, 3.63) is 76.1 Å². The van der Waals surface area contributed by atoms with Gasteiger partial charge in [0.25, 0.3) is 11.8 Å². The van der Waals surface area contributed by atoms with Crippen LogP contribution in [0.1, 0.15) is 39.3 Å². The van der Waals surface area contributed by atoms with E-state index in [9.17, 15) is 26.8 Å². The lowest BCUT2D eigenvalue weighted by Gasteiger charge is -2.39. The molecule has 3 aromatic rings. The van der Waals surface area contributed by atoms with Crippen molar-refractivity contribution in [3.8, 4) is 0 Å². The van der Waals surface area contributed by atoms with Gasteiger partial charge in [-0.25, -0.2) is 31.9 Å². The molecule has 1 saturated heterocycles. The van der Waals surface area contributed by atoms with E-state index in [4.69, 9.17) is 23.1 Å². The Labute approximate surface area is 249 Å². The summed E-state index contributed by atoms with van der Waals surface area (Å²) in [7, 11) is -4.10. The SMILES string of the molecule is Nc1nc(N)c(C(=O)NC2=NCC3(CCN(C(=O)c4cccc(S(=O)(=O)NCc5ccc(F)cc5F)c4)CC3)N2)nc1Cl. The van der Waals surface area contributed by atoms with Crippen LogP contribution in [-0.4, -0.2) is 66.2 Å². The molecule has 3 heterocycles. The predicted molar refractivity (Wildman–Crippen MR) is 153 cm³/mol. The topological polar surface area (TPSA) is 198 Å². The number of hydrogen-bond donors (Lipinski definition) is 5. The first-order chi connectivity index (χ1) is 20.4. The molecule has 0 unspecified atom stereocenters. The third kappa shape index (κ3) is 6.50. The summed E-state index contributed by atoms with van der Waals surface area (Å²) in [4.78, 5) is 39.4. The van der Waals surface area contributed by atoms with Gasteiger partial charge >= 0.3 is 0 Å². The van der Waals surface area contributed by atoms with Crippen molar-refractivity contribution in [2.24, 2.45) is 4.99 Å². The number of aromatic nitrogens is 2. The van der Waals surface area contributed by atoms with Gasteiger partial charge in [0.05, 0.1) is 17.0 Å². The number of aliphatic imine (C=N–C) groups is 1. The lowest BCUT2D eigenvalue weighted by molar-refractivity contribution is 0.0668. The Morgan fingerprint density at radius 3 is 2.53 bits per heavy atom. The van der Waals surface area contributed by atoms with Gasteiger partial charge in [-0.3, -0.25) is 19.9 Å². The van der Waals surface area contributed by atoms with Gasteiger partial charge in [0, 0.05) is 36.8 Å². The molecule has 1 aromatic heterocycles. The number of carbonyl (C=O) groups is 2. The van der Waals surface area contributed by atoms with Crippen LogP contribution in [-0.2, 0) is 16.6 Å². The fourth-order valence-electron chi connectivity index (χ4n) is 4.73. The normalized spacial score (nSPS) is 16.1. The number of nitrogens with zero attached hydrogens (tertiary/aromatic N) is 4. The van der Waals surface area contributed by atoms with Crippen LogP contribution >= 0.6 is 11.6 Å². The van der Waals surface area contributed by atoms with E-state index in [0.29, 0.717) is 38.5 Å². The lowest BCUT2D eigenvalue weighted by Crippen LogP contribution is -2.57. The second-order valence-electron chi connectivity index (χ2n) is 10.0. The molecule has 2 aromatic carbocycles. The van der Waals surface area contributed by atoms with E-state index < -0.39 is 39.6 Å². The number of nitrogens with two attached hydrogens (primary N) is 2. The zero-order chi connectivity index (χ0) is 30.9. The van der Waals surface area contributed by atoms with E-state index in [2.05, 4.69) is 30.3 Å². The van der Waals surface area contributed by atoms with E-state index in [0.717, 1.165) is 12.1 Å². The quantitative estimate of drug-likeness (QED) is 0.266. The van der Waals surface area contributed by atoms with Gasteiger partial charge in [0.2, 0.25) is 10.0 Å². The van der Waals surface area contributed by atoms with Gasteiger partial charge < -0.3 is 21.7 Å². The molecule has 5 rings (SSSR count). The molecule has 1 fully saturated rings. The molecular weight excluding hydrogens is 608 g/mol. The van der Waals surface area contributed by atoms with Crippen LogP contribution in [0.15, 0.2) is 52.4 Å². The maximum atomic E-state index is 13.9. The summed E-state index contributed by atoms with van der Waals surface area (Å²) in [5, 5.41) is 5.65. The highest BCUT2D eigenvalue weighted by Crippen LogP contribution is 2.27. The number of nitrogen functional groups attached to an aromatic ring is 2. The zero-order valence-electron chi connectivity index (χ0n) is 22.4. The lowest BCUT2D eigenvalue weighted by atomic mass is 9.88. The van der Waals surface area contributed by atoms with E-state index in [1.807, 2.05) is 0 Å². The van der Waals surface area contributed by atoms with E-state index in [1.165, 1.54) is 24.3 Å². The number of hydrogen-bond acceptors (Lipinski definition) is 10. The second kappa shape index (κ2) is 11.7. The number of halogens is 3. The van der Waals surface area contributed by atoms with Crippen molar-refractivity contribution >= 4 is 51.0 Å². The number of sulfonamides is 1. The Kier molecular flexibility index (Phi) is 8.18. The van der Waals surface area contributed by atoms with Crippen molar-refractivity contribution < 1.29 is 26.8 Å². The van der Waals surface area contributed by atoms with E-state index in [1.54, 1.807) is 4.90 Å². The number of piperidine rings is 1. The minimum absolute atomic E-state index is 0.0286. The maximum Gasteiger partial charge on any atom is 0.280 e. The molecule has 226 valence electrons. The maximum absolute atomic E-state index is 13.9. The van der Waals surface area contributed by atoms with E-state index >= 15 is 0 Å². The average molecular weight is 634 g/mol. The summed E-state index contributed by atoms with van der Waals surface area (Å²) in [6.45, 7) is 0.635. The number of amides is 2. The van der Waals surface area contributed by atoms with Gasteiger partial charge in [0.1, 0.15) is 11.6 Å². The number of carbonyl (C=O) groups excluding carboxylic acids is 2. The minimum atomic E-state index is -4.10. The molecule has 43 heavy (non-hydrogen) atoms. The van der Waals surface area contributed by atoms with Crippen molar-refractivity contribution in [1.82, 2.24) is 30.2 Å². The first-order valence-electron chi connectivity index (χ1n) is 12.9. The number of guanidine groups is 1. The van der Waals surface area contributed by atoms with Gasteiger partial charge in [-0.05, 0) is 37.1 Å². The van der Waals surface area contributed by atoms with Crippen LogP contribution in [0.25, 0.3) is 0 Å². The molecule has 13 nitrogen and oxygen atoms in total. The Bertz CT molecular complexity index is 1750. The highest BCUT2D eigenvalue weighted by molar-refractivity contribution is 7.89. The highest BCUT2D eigenvalue weighted by Gasteiger charge is 2.40. The first-order valence-corrected chi connectivity index (χ1v) is 14.8. The molecular formula is C26H26ClF2N9O4S. The van der Waals surface area contributed by atoms with Gasteiger partial charge in [-0.2, -0.15) is 0 Å². The summed E-state index contributed by atoms with van der Waals surface area (Å²) >= 11 is 5.86. The molecule has 0 aliphatic carbocycles. The minimum Gasteiger partial charge on any atom is -0.382 e. The summed E-state index contributed by atoms with van der Waals surface area (Å²) < 4.78 is 55.0. The third-order valence-electron chi connectivity index (χ3n) is 7.14. The molecule has 7 N–H and O–H groups in total. The number of nitrogens with one attached hydrogen (secondary N) is 3. The Hall–Kier alpha value is -4.41. The Balaban J connectivity index is 1.17. The van der Waals surface area contributed by atoms with Gasteiger partial charge in [0.15, 0.2) is 28.4 Å². The molecule has 2 aliphatic rings. The fourth-order valence-corrected chi connectivity index (χ4v) is 5.91. The largest absolute Gasteiger partial charge is 0.382 e. The molecule has 0 bridgehead atoms. The monoisotopic (exact) mass is 633 g/mol. The van der Waals surface area contributed by atoms with Crippen molar-refractivity contribution in [2.75, 3.05) is 31.1 Å². The van der Waals surface area contributed by atoms with Crippen LogP contribution < -0.4 is 26.8 Å². The van der Waals surface area contributed by atoms with Gasteiger partial charge in [-0.15, -0.1) is 0 Å². The molecule has 0 saturated carbocycles. The van der Waals surface area contributed by atoms with E-state index in [-0.39, 0.29) is 50.4 Å². The fraction of sp³-hybridized carbons (Fsp3) is 0.269. The number of benzene rings is 2. The summed E-state index contributed by atoms with van der Waals surface area (Å²) in [6.07, 6.45) is 1.00. The van der Waals surface area contributed by atoms with Crippen LogP contribution in [0.3, 0.4) is 0 Å². The Morgan fingerprint density at radius 1 is 1.07 bits per heavy atom. The van der Waals surface area contributed by atoms with Crippen LogP contribution in [0.4, 0.5) is 20.4 Å². The molecule has 17 heteroatoms. The zero-order valence-corrected chi connectivity index (χ0v) is 24.0. The number of anilines is 2. The number of rotatable bonds is 6. The summed E-state index contributed by atoms with van der Waals surface area (Å²) in [5.74, 6) is -2.76. The smallest absolute Gasteiger partial charge is 0.280 e. The molecule has 0 radical (unpaired) electrons. The summed E-state index contributed by atoms with van der Waals surface area (Å²) in [6, 6.07) is 8.36.